The molecule has 0 spiro atoms. The number of nitrogens with one attached hydrogen (secondary N) is 2. The Morgan fingerprint density at radius 3 is 2.32 bits per heavy atom. The Morgan fingerprint density at radius 1 is 0.946 bits per heavy atom. The zero-order valence-corrected chi connectivity index (χ0v) is 22.0. The van der Waals surface area contributed by atoms with Crippen molar-refractivity contribution in [1.82, 2.24) is 15.5 Å². The van der Waals surface area contributed by atoms with E-state index >= 15 is 0 Å². The molecule has 4 rings (SSSR count). The van der Waals surface area contributed by atoms with Crippen LogP contribution in [0.2, 0.25) is 0 Å². The molecule has 200 valence electrons. The van der Waals surface area contributed by atoms with Crippen LogP contribution in [0.3, 0.4) is 0 Å². The number of halogens is 1. The van der Waals surface area contributed by atoms with Crippen molar-refractivity contribution in [2.24, 2.45) is 11.8 Å². The number of anilines is 1. The van der Waals surface area contributed by atoms with Gasteiger partial charge in [0, 0.05) is 45.1 Å². The molecule has 1 aliphatic carbocycles. The molecule has 2 aliphatic rings. The Labute approximate surface area is 220 Å². The molecule has 0 radical (unpaired) electrons. The lowest BCUT2D eigenvalue weighted by Crippen LogP contribution is -2.50. The number of rotatable bonds is 10. The molecule has 1 saturated carbocycles. The molecule has 1 saturated heterocycles. The monoisotopic (exact) mass is 508 g/mol. The largest absolute Gasteiger partial charge is 0.367 e. The minimum absolute atomic E-state index is 0.00491. The number of nitrogens with zero attached hydrogens (tertiary/aromatic N) is 2. The third-order valence-corrected chi connectivity index (χ3v) is 7.82. The number of hydrogen-bond acceptors (Lipinski definition) is 4. The minimum atomic E-state index is -0.571. The smallest absolute Gasteiger partial charge is 0.242 e. The third kappa shape index (κ3) is 8.03. The first kappa shape index (κ1) is 27.1. The summed E-state index contributed by atoms with van der Waals surface area (Å²) in [7, 11) is 0. The molecule has 7 heteroatoms. The predicted octanol–water partition coefficient (Wildman–Crippen LogP) is 4.01. The Morgan fingerprint density at radius 2 is 1.62 bits per heavy atom. The number of benzene rings is 2. The summed E-state index contributed by atoms with van der Waals surface area (Å²) >= 11 is 0. The molecule has 2 N–H and O–H groups in total. The molecule has 0 aromatic heterocycles. The predicted molar refractivity (Wildman–Crippen MR) is 146 cm³/mol. The Hall–Kier alpha value is -2.93. The van der Waals surface area contributed by atoms with E-state index in [0.29, 0.717) is 24.6 Å². The second-order valence-corrected chi connectivity index (χ2v) is 10.6. The fourth-order valence-corrected chi connectivity index (χ4v) is 5.43. The highest BCUT2D eigenvalue weighted by molar-refractivity contribution is 5.88. The van der Waals surface area contributed by atoms with E-state index in [1.807, 2.05) is 42.5 Å². The van der Waals surface area contributed by atoms with Gasteiger partial charge in [-0.1, -0.05) is 49.4 Å². The summed E-state index contributed by atoms with van der Waals surface area (Å²) in [5.41, 5.74) is 1.71. The SMILES string of the molecule is CC1CCC(C(=O)NC(Cc2ccccc2)C(=O)NCCCN2CCN(c3ccccc3F)CC2)CC1. The number of carbonyl (C=O) groups excluding carboxylic acids is 2. The van der Waals surface area contributed by atoms with Crippen molar-refractivity contribution in [2.75, 3.05) is 44.2 Å². The molecular weight excluding hydrogens is 467 g/mol. The van der Waals surface area contributed by atoms with Crippen molar-refractivity contribution in [3.05, 3.63) is 66.0 Å². The summed E-state index contributed by atoms with van der Waals surface area (Å²) in [6.07, 6.45) is 5.26. The maximum absolute atomic E-state index is 14.1. The lowest BCUT2D eigenvalue weighted by molar-refractivity contribution is -0.131. The van der Waals surface area contributed by atoms with Gasteiger partial charge < -0.3 is 15.5 Å². The molecule has 1 atom stereocenters. The van der Waals surface area contributed by atoms with E-state index in [1.54, 1.807) is 6.07 Å². The van der Waals surface area contributed by atoms with E-state index in [0.717, 1.165) is 70.4 Å². The number of amides is 2. The van der Waals surface area contributed by atoms with Gasteiger partial charge in [-0.15, -0.1) is 0 Å². The first-order valence-electron chi connectivity index (χ1n) is 13.8. The van der Waals surface area contributed by atoms with Crippen molar-refractivity contribution in [2.45, 2.75) is 51.5 Å². The van der Waals surface area contributed by atoms with Crippen LogP contribution in [0.1, 0.15) is 44.6 Å². The quantitative estimate of drug-likeness (QED) is 0.476. The maximum atomic E-state index is 14.1. The molecule has 1 aliphatic heterocycles. The fraction of sp³-hybridized carbons (Fsp3) is 0.533. The highest BCUT2D eigenvalue weighted by atomic mass is 19.1. The Bertz CT molecular complexity index is 1000. The van der Waals surface area contributed by atoms with Gasteiger partial charge in [0.25, 0.3) is 0 Å². The van der Waals surface area contributed by atoms with Crippen LogP contribution in [-0.2, 0) is 16.0 Å². The highest BCUT2D eigenvalue weighted by Gasteiger charge is 2.28. The van der Waals surface area contributed by atoms with Gasteiger partial charge in [0.1, 0.15) is 11.9 Å². The molecule has 2 amide bonds. The molecule has 6 nitrogen and oxygen atoms in total. The van der Waals surface area contributed by atoms with Gasteiger partial charge in [-0.05, 0) is 62.3 Å². The van der Waals surface area contributed by atoms with Crippen molar-refractivity contribution < 1.29 is 14.0 Å². The van der Waals surface area contributed by atoms with E-state index < -0.39 is 6.04 Å². The minimum Gasteiger partial charge on any atom is -0.367 e. The second kappa shape index (κ2) is 13.6. The van der Waals surface area contributed by atoms with Gasteiger partial charge in [-0.3, -0.25) is 14.5 Å². The topological polar surface area (TPSA) is 64.7 Å². The lowest BCUT2D eigenvalue weighted by Gasteiger charge is -2.36. The molecule has 2 fully saturated rings. The van der Waals surface area contributed by atoms with Crippen molar-refractivity contribution in [3.63, 3.8) is 0 Å². The Balaban J connectivity index is 1.22. The van der Waals surface area contributed by atoms with Gasteiger partial charge in [0.15, 0.2) is 0 Å². The first-order chi connectivity index (χ1) is 18.0. The van der Waals surface area contributed by atoms with E-state index in [2.05, 4.69) is 27.4 Å². The molecule has 2 aromatic carbocycles. The van der Waals surface area contributed by atoms with Gasteiger partial charge in [-0.2, -0.15) is 0 Å². The number of piperazine rings is 1. The van der Waals surface area contributed by atoms with Crippen LogP contribution in [0, 0.1) is 17.7 Å². The van der Waals surface area contributed by atoms with Crippen molar-refractivity contribution >= 4 is 17.5 Å². The van der Waals surface area contributed by atoms with E-state index in [-0.39, 0.29) is 23.5 Å². The van der Waals surface area contributed by atoms with Crippen LogP contribution in [0.5, 0.6) is 0 Å². The van der Waals surface area contributed by atoms with Crippen molar-refractivity contribution in [1.29, 1.82) is 0 Å². The molecule has 0 bridgehead atoms. The first-order valence-corrected chi connectivity index (χ1v) is 13.8. The van der Waals surface area contributed by atoms with E-state index in [4.69, 9.17) is 0 Å². The van der Waals surface area contributed by atoms with Crippen molar-refractivity contribution in [3.8, 4) is 0 Å². The van der Waals surface area contributed by atoms with E-state index in [1.165, 1.54) is 6.07 Å². The average Bonchev–Trinajstić information content (AvgIpc) is 2.92. The van der Waals surface area contributed by atoms with Crippen LogP contribution in [-0.4, -0.2) is 62.0 Å². The third-order valence-electron chi connectivity index (χ3n) is 7.82. The average molecular weight is 509 g/mol. The highest BCUT2D eigenvalue weighted by Crippen LogP contribution is 2.28. The summed E-state index contributed by atoms with van der Waals surface area (Å²) in [4.78, 5) is 30.5. The fourth-order valence-electron chi connectivity index (χ4n) is 5.43. The molecular formula is C30H41FN4O2. The van der Waals surface area contributed by atoms with E-state index in [9.17, 15) is 14.0 Å². The number of carbonyl (C=O) groups is 2. The molecule has 1 heterocycles. The summed E-state index contributed by atoms with van der Waals surface area (Å²) in [5.74, 6) is 0.399. The standard InChI is InChI=1S/C30H41FN4O2/c1-23-12-14-25(15-13-23)29(36)33-27(22-24-8-3-2-4-9-24)30(37)32-16-7-17-34-18-20-35(21-19-34)28-11-6-5-10-26(28)31/h2-6,8-11,23,25,27H,7,12-22H2,1H3,(H,32,37)(H,33,36). The van der Waals surface area contributed by atoms with Gasteiger partial charge in [-0.25, -0.2) is 4.39 Å². The zero-order chi connectivity index (χ0) is 26.0. The van der Waals surface area contributed by atoms with Crippen LogP contribution in [0.15, 0.2) is 54.6 Å². The molecule has 37 heavy (non-hydrogen) atoms. The van der Waals surface area contributed by atoms with Gasteiger partial charge in [0.2, 0.25) is 11.8 Å². The number of para-hydroxylation sites is 1. The second-order valence-electron chi connectivity index (χ2n) is 10.6. The normalized spacial score (nSPS) is 21.3. The Kier molecular flexibility index (Phi) is 9.94. The lowest BCUT2D eigenvalue weighted by atomic mass is 9.82. The summed E-state index contributed by atoms with van der Waals surface area (Å²) < 4.78 is 14.1. The van der Waals surface area contributed by atoms with Gasteiger partial charge >= 0.3 is 0 Å². The van der Waals surface area contributed by atoms with Crippen LogP contribution in [0.4, 0.5) is 10.1 Å². The summed E-state index contributed by atoms with van der Waals surface area (Å²) in [6, 6.07) is 16.2. The van der Waals surface area contributed by atoms with Crippen LogP contribution < -0.4 is 15.5 Å². The molecule has 2 aromatic rings. The maximum Gasteiger partial charge on any atom is 0.242 e. The zero-order valence-electron chi connectivity index (χ0n) is 22.0. The number of hydrogen-bond donors (Lipinski definition) is 2. The summed E-state index contributed by atoms with van der Waals surface area (Å²) in [6.45, 7) is 7.00. The molecule has 1 unspecified atom stereocenters. The van der Waals surface area contributed by atoms with Gasteiger partial charge in [0.05, 0.1) is 5.69 Å². The van der Waals surface area contributed by atoms with Crippen LogP contribution in [0.25, 0.3) is 0 Å². The van der Waals surface area contributed by atoms with Crippen LogP contribution >= 0.6 is 0 Å². The summed E-state index contributed by atoms with van der Waals surface area (Å²) in [5, 5.41) is 6.13.